The average Bonchev–Trinajstić information content (AvgIpc) is 3.11. The molecule has 1 fully saturated rings. The van der Waals surface area contributed by atoms with Crippen molar-refractivity contribution < 1.29 is 9.53 Å². The molecule has 1 aromatic carbocycles. The Balaban J connectivity index is 1.29. The molecule has 0 radical (unpaired) electrons. The van der Waals surface area contributed by atoms with E-state index in [0.717, 1.165) is 51.0 Å². The quantitative estimate of drug-likeness (QED) is 0.933. The molecule has 1 amide bonds. The van der Waals surface area contributed by atoms with Gasteiger partial charge in [0, 0.05) is 25.8 Å². The standard InChI is InChI=1S/C19H24N4O2/c24-19(25-14-15-4-2-1-3-5-15)22-10-7-17(8-11-22)23-13-16-6-9-20-12-18(16)21-23/h1-5,13,17,20H,6-12,14H2. The van der Waals surface area contributed by atoms with Gasteiger partial charge >= 0.3 is 6.09 Å². The van der Waals surface area contributed by atoms with E-state index in [1.54, 1.807) is 0 Å². The Labute approximate surface area is 147 Å². The lowest BCUT2D eigenvalue weighted by Crippen LogP contribution is -2.39. The van der Waals surface area contributed by atoms with Crippen LogP contribution in [0.2, 0.25) is 0 Å². The Hall–Kier alpha value is -2.34. The second-order valence-corrected chi connectivity index (χ2v) is 6.77. The number of likely N-dealkylation sites (tertiary alicyclic amines) is 1. The third kappa shape index (κ3) is 3.69. The number of aromatic nitrogens is 2. The number of nitrogens with zero attached hydrogens (tertiary/aromatic N) is 3. The number of carbonyl (C=O) groups is 1. The topological polar surface area (TPSA) is 59.4 Å². The highest BCUT2D eigenvalue weighted by molar-refractivity contribution is 5.67. The van der Waals surface area contributed by atoms with Crippen LogP contribution in [-0.2, 0) is 24.3 Å². The summed E-state index contributed by atoms with van der Waals surface area (Å²) < 4.78 is 7.55. The van der Waals surface area contributed by atoms with E-state index in [9.17, 15) is 4.79 Å². The van der Waals surface area contributed by atoms with E-state index in [0.29, 0.717) is 12.6 Å². The predicted molar refractivity (Wildman–Crippen MR) is 94.1 cm³/mol. The highest BCUT2D eigenvalue weighted by Crippen LogP contribution is 2.24. The Morgan fingerprint density at radius 1 is 1.24 bits per heavy atom. The number of hydrogen-bond acceptors (Lipinski definition) is 4. The van der Waals surface area contributed by atoms with Crippen LogP contribution in [0.5, 0.6) is 0 Å². The number of benzene rings is 1. The first-order valence-corrected chi connectivity index (χ1v) is 9.03. The summed E-state index contributed by atoms with van der Waals surface area (Å²) in [5, 5.41) is 8.10. The maximum atomic E-state index is 12.2. The molecule has 4 rings (SSSR count). The molecule has 6 heteroatoms. The molecule has 2 aliphatic heterocycles. The zero-order chi connectivity index (χ0) is 17.1. The lowest BCUT2D eigenvalue weighted by Gasteiger charge is -2.31. The van der Waals surface area contributed by atoms with Gasteiger partial charge in [-0.15, -0.1) is 0 Å². The highest BCUT2D eigenvalue weighted by Gasteiger charge is 2.26. The number of carbonyl (C=O) groups excluding carboxylic acids is 1. The van der Waals surface area contributed by atoms with Gasteiger partial charge in [0.1, 0.15) is 6.61 Å². The van der Waals surface area contributed by atoms with Gasteiger partial charge in [0.05, 0.1) is 11.7 Å². The second-order valence-electron chi connectivity index (χ2n) is 6.77. The summed E-state index contributed by atoms with van der Waals surface area (Å²) in [6, 6.07) is 10.2. The maximum absolute atomic E-state index is 12.2. The lowest BCUT2D eigenvalue weighted by molar-refractivity contribution is 0.0821. The van der Waals surface area contributed by atoms with Crippen molar-refractivity contribution in [2.24, 2.45) is 0 Å². The molecule has 0 saturated carbocycles. The normalized spacial score (nSPS) is 18.0. The number of ether oxygens (including phenoxy) is 1. The van der Waals surface area contributed by atoms with E-state index in [1.807, 2.05) is 35.2 Å². The fourth-order valence-electron chi connectivity index (χ4n) is 3.56. The van der Waals surface area contributed by atoms with Gasteiger partial charge in [0.2, 0.25) is 0 Å². The molecule has 0 aliphatic carbocycles. The summed E-state index contributed by atoms with van der Waals surface area (Å²) in [7, 11) is 0. The molecule has 6 nitrogen and oxygen atoms in total. The SMILES string of the molecule is O=C(OCc1ccccc1)N1CCC(n2cc3c(n2)CNCC3)CC1. The van der Waals surface area contributed by atoms with Gasteiger partial charge in [0.15, 0.2) is 0 Å². The molecule has 1 saturated heterocycles. The molecule has 3 heterocycles. The van der Waals surface area contributed by atoms with Gasteiger partial charge in [0.25, 0.3) is 0 Å². The maximum Gasteiger partial charge on any atom is 0.410 e. The van der Waals surface area contributed by atoms with E-state index in [2.05, 4.69) is 16.2 Å². The zero-order valence-electron chi connectivity index (χ0n) is 14.4. The average molecular weight is 340 g/mol. The number of amides is 1. The number of rotatable bonds is 3. The Morgan fingerprint density at radius 3 is 2.80 bits per heavy atom. The summed E-state index contributed by atoms with van der Waals surface area (Å²) in [5.74, 6) is 0. The minimum atomic E-state index is -0.216. The van der Waals surface area contributed by atoms with Crippen molar-refractivity contribution in [3.63, 3.8) is 0 Å². The number of piperidine rings is 1. The first-order chi connectivity index (χ1) is 12.3. The summed E-state index contributed by atoms with van der Waals surface area (Å²) in [5.41, 5.74) is 3.56. The van der Waals surface area contributed by atoms with E-state index in [4.69, 9.17) is 9.84 Å². The molecular formula is C19H24N4O2. The van der Waals surface area contributed by atoms with E-state index in [1.165, 1.54) is 11.3 Å². The summed E-state index contributed by atoms with van der Waals surface area (Å²) >= 11 is 0. The fourth-order valence-corrected chi connectivity index (χ4v) is 3.56. The fraction of sp³-hybridized carbons (Fsp3) is 0.474. The molecule has 25 heavy (non-hydrogen) atoms. The van der Waals surface area contributed by atoms with Crippen LogP contribution in [-0.4, -0.2) is 40.4 Å². The van der Waals surface area contributed by atoms with E-state index >= 15 is 0 Å². The van der Waals surface area contributed by atoms with Crippen molar-refractivity contribution >= 4 is 6.09 Å². The van der Waals surface area contributed by atoms with Crippen LogP contribution in [0.1, 0.15) is 35.7 Å². The number of hydrogen-bond donors (Lipinski definition) is 1. The van der Waals surface area contributed by atoms with Crippen LogP contribution in [0, 0.1) is 0 Å². The van der Waals surface area contributed by atoms with Gasteiger partial charge in [-0.1, -0.05) is 30.3 Å². The Bertz CT molecular complexity index is 697. The molecule has 0 atom stereocenters. The molecule has 2 aliphatic rings. The predicted octanol–water partition coefficient (Wildman–Crippen LogP) is 2.50. The Morgan fingerprint density at radius 2 is 2.04 bits per heavy atom. The molecule has 132 valence electrons. The van der Waals surface area contributed by atoms with Crippen LogP contribution in [0.4, 0.5) is 4.79 Å². The molecule has 0 spiro atoms. The van der Waals surface area contributed by atoms with Crippen molar-refractivity contribution in [1.82, 2.24) is 20.0 Å². The van der Waals surface area contributed by atoms with Crippen molar-refractivity contribution in [3.05, 3.63) is 53.3 Å². The van der Waals surface area contributed by atoms with Gasteiger partial charge in [-0.3, -0.25) is 4.68 Å². The van der Waals surface area contributed by atoms with Crippen molar-refractivity contribution in [3.8, 4) is 0 Å². The van der Waals surface area contributed by atoms with Crippen molar-refractivity contribution in [1.29, 1.82) is 0 Å². The number of nitrogens with one attached hydrogen (secondary N) is 1. The monoisotopic (exact) mass is 340 g/mol. The minimum Gasteiger partial charge on any atom is -0.445 e. The van der Waals surface area contributed by atoms with Crippen molar-refractivity contribution in [2.75, 3.05) is 19.6 Å². The molecule has 0 unspecified atom stereocenters. The highest BCUT2D eigenvalue weighted by atomic mass is 16.6. The smallest absolute Gasteiger partial charge is 0.410 e. The third-order valence-corrected chi connectivity index (χ3v) is 5.06. The first-order valence-electron chi connectivity index (χ1n) is 9.03. The summed E-state index contributed by atoms with van der Waals surface area (Å²) in [6.45, 7) is 3.68. The third-order valence-electron chi connectivity index (χ3n) is 5.06. The summed E-state index contributed by atoms with van der Waals surface area (Å²) in [4.78, 5) is 14.1. The van der Waals surface area contributed by atoms with Crippen LogP contribution in [0.15, 0.2) is 36.5 Å². The van der Waals surface area contributed by atoms with Crippen LogP contribution in [0.25, 0.3) is 0 Å². The van der Waals surface area contributed by atoms with Gasteiger partial charge in [-0.2, -0.15) is 5.10 Å². The zero-order valence-corrected chi connectivity index (χ0v) is 14.4. The van der Waals surface area contributed by atoms with E-state index in [-0.39, 0.29) is 6.09 Å². The first kappa shape index (κ1) is 16.1. The largest absolute Gasteiger partial charge is 0.445 e. The molecule has 2 aromatic rings. The van der Waals surface area contributed by atoms with Crippen LogP contribution < -0.4 is 5.32 Å². The lowest BCUT2D eigenvalue weighted by atomic mass is 10.1. The van der Waals surface area contributed by atoms with Crippen LogP contribution in [0.3, 0.4) is 0 Å². The van der Waals surface area contributed by atoms with Gasteiger partial charge in [-0.05, 0) is 36.9 Å². The molecular weight excluding hydrogens is 316 g/mol. The minimum absolute atomic E-state index is 0.216. The van der Waals surface area contributed by atoms with Crippen LogP contribution >= 0.6 is 0 Å². The van der Waals surface area contributed by atoms with Gasteiger partial charge < -0.3 is 15.0 Å². The summed E-state index contributed by atoms with van der Waals surface area (Å²) in [6.07, 6.45) is 4.89. The van der Waals surface area contributed by atoms with Crippen molar-refractivity contribution in [2.45, 2.75) is 38.5 Å². The molecule has 1 N–H and O–H groups in total. The number of fused-ring (bicyclic) bond motifs is 1. The van der Waals surface area contributed by atoms with E-state index < -0.39 is 0 Å². The molecule has 0 bridgehead atoms. The Kier molecular flexibility index (Phi) is 4.70. The van der Waals surface area contributed by atoms with Gasteiger partial charge in [-0.25, -0.2) is 4.79 Å². The molecule has 1 aromatic heterocycles. The second kappa shape index (κ2) is 7.27.